The summed E-state index contributed by atoms with van der Waals surface area (Å²) >= 11 is 0. The monoisotopic (exact) mass is 591 g/mol. The lowest BCUT2D eigenvalue weighted by Gasteiger charge is -2.34. The molecule has 0 spiro atoms. The van der Waals surface area contributed by atoms with Crippen molar-refractivity contribution >= 4 is 19.2 Å². The molecule has 230 valence electrons. The molecule has 2 rings (SSSR count). The van der Waals surface area contributed by atoms with Crippen LogP contribution in [0.2, 0.25) is 0 Å². The van der Waals surface area contributed by atoms with Crippen LogP contribution in [0.15, 0.2) is 35.9 Å². The van der Waals surface area contributed by atoms with Gasteiger partial charge in [-0.1, -0.05) is 43.6 Å². The van der Waals surface area contributed by atoms with E-state index in [4.69, 9.17) is 14.0 Å². The number of hydrogen-bond donors (Lipinski definition) is 2. The number of phenolic OH excluding ortho intramolecular Hbond substituents is 1. The normalized spacial score (nSPS) is 19.0. The average Bonchev–Trinajstić information content (AvgIpc) is 2.82. The molecular weight excluding hydrogens is 541 g/mol. The van der Waals surface area contributed by atoms with Crippen molar-refractivity contribution in [3.05, 3.63) is 47.1 Å². The summed E-state index contributed by atoms with van der Waals surface area (Å²) in [5.41, 5.74) is 0.653. The van der Waals surface area contributed by atoms with Crippen LogP contribution < -0.4 is 9.61 Å². The Kier molecular flexibility index (Phi) is 12.3. The van der Waals surface area contributed by atoms with Gasteiger partial charge in [-0.15, -0.1) is 0 Å². The van der Waals surface area contributed by atoms with Crippen molar-refractivity contribution in [2.45, 2.75) is 125 Å². The number of ether oxygens (including phenoxy) is 2. The fraction of sp³-hybridized carbons (Fsp3) is 0.625. The van der Waals surface area contributed by atoms with Gasteiger partial charge in [-0.25, -0.2) is 14.4 Å². The van der Waals surface area contributed by atoms with Crippen molar-refractivity contribution in [2.75, 3.05) is 0 Å². The lowest BCUT2D eigenvalue weighted by atomic mass is 9.73. The van der Waals surface area contributed by atoms with Gasteiger partial charge in [0, 0.05) is 11.5 Å². The molecule has 0 heterocycles. The maximum Gasteiger partial charge on any atom is 0.424 e. The molecule has 1 unspecified atom stereocenters. The number of carbonyl (C=O) groups is 2. The minimum Gasteiger partial charge on any atom is -0.507 e. The predicted molar refractivity (Wildman–Crippen MR) is 164 cm³/mol. The molecule has 8 nitrogen and oxygen atoms in total. The number of esters is 1. The number of aryl methyl sites for hydroxylation is 1. The van der Waals surface area contributed by atoms with Crippen LogP contribution in [0.4, 0.5) is 4.79 Å². The van der Waals surface area contributed by atoms with Crippen LogP contribution in [0.3, 0.4) is 0 Å². The van der Waals surface area contributed by atoms with Crippen LogP contribution in [0.5, 0.6) is 11.5 Å². The Bertz CT molecular complexity index is 1180. The maximum atomic E-state index is 14.5. The molecule has 9 heteroatoms. The zero-order valence-electron chi connectivity index (χ0n) is 26.3. The summed E-state index contributed by atoms with van der Waals surface area (Å²) in [5.74, 6) is -0.889. The van der Waals surface area contributed by atoms with Crippen molar-refractivity contribution in [3.63, 3.8) is 0 Å². The van der Waals surface area contributed by atoms with Gasteiger partial charge >= 0.3 is 19.2 Å². The first-order valence-electron chi connectivity index (χ1n) is 14.7. The van der Waals surface area contributed by atoms with Crippen molar-refractivity contribution in [2.24, 2.45) is 5.92 Å². The highest BCUT2D eigenvalue weighted by Crippen LogP contribution is 2.53. The predicted octanol–water partition coefficient (Wildman–Crippen LogP) is 8.58. The van der Waals surface area contributed by atoms with Crippen LogP contribution in [-0.2, 0) is 25.3 Å². The van der Waals surface area contributed by atoms with Crippen LogP contribution in [0.25, 0.3) is 0 Å². The molecule has 2 N–H and O–H groups in total. The number of phenols is 1. The second-order valence-electron chi connectivity index (χ2n) is 12.3. The number of aromatic hydroxyl groups is 1. The van der Waals surface area contributed by atoms with E-state index in [9.17, 15) is 19.3 Å². The molecule has 0 saturated heterocycles. The molecule has 0 aliphatic heterocycles. The minimum absolute atomic E-state index is 0.00143. The Morgan fingerprint density at radius 3 is 2.34 bits per heavy atom. The third-order valence-corrected chi connectivity index (χ3v) is 8.94. The van der Waals surface area contributed by atoms with Crippen molar-refractivity contribution in [1.82, 2.24) is 5.09 Å². The second kappa shape index (κ2) is 14.6. The van der Waals surface area contributed by atoms with Gasteiger partial charge in [-0.3, -0.25) is 4.79 Å². The standard InChI is InChI=1S/C32H50NO7P/c1-11-12-13-14-24-18-27(34)29(26-17-23(8)15-16-25(26)20(2)3)28(19-24)40-41(37,31(36)39-22(6)7)33-32(9,10)30(35)38-21(4)5/h17-19,21-22,25-26,34H,2,11-16H2,1,3-10H3,(H,33,37)/t25-,26+,41?/m0/s1. The summed E-state index contributed by atoms with van der Waals surface area (Å²) in [6, 6.07) is 3.47. The highest BCUT2D eigenvalue weighted by Gasteiger charge is 2.47. The first-order valence-corrected chi connectivity index (χ1v) is 16.3. The summed E-state index contributed by atoms with van der Waals surface area (Å²) in [6.07, 6.45) is 6.40. The molecule has 0 aromatic heterocycles. The zero-order valence-corrected chi connectivity index (χ0v) is 27.2. The van der Waals surface area contributed by atoms with E-state index in [0.717, 1.165) is 48.8 Å². The Morgan fingerprint density at radius 2 is 1.78 bits per heavy atom. The molecule has 1 aliphatic carbocycles. The number of carbonyl (C=O) groups excluding carboxylic acids is 2. The molecule has 1 aliphatic rings. The van der Waals surface area contributed by atoms with Crippen molar-refractivity contribution in [1.29, 1.82) is 0 Å². The van der Waals surface area contributed by atoms with Gasteiger partial charge in [-0.2, -0.15) is 0 Å². The van der Waals surface area contributed by atoms with Gasteiger partial charge in [0.25, 0.3) is 0 Å². The summed E-state index contributed by atoms with van der Waals surface area (Å²) in [4.78, 5) is 26.3. The van der Waals surface area contributed by atoms with E-state index in [2.05, 4.69) is 24.7 Å². The summed E-state index contributed by atoms with van der Waals surface area (Å²) in [7, 11) is -4.58. The van der Waals surface area contributed by atoms with Gasteiger partial charge < -0.3 is 19.1 Å². The first-order chi connectivity index (χ1) is 19.0. The number of unbranched alkanes of at least 4 members (excludes halogenated alkanes) is 2. The SMILES string of the molecule is C=C(C)[C@@H]1CCC(C)=C[C@H]1c1c(O)cc(CCCCC)cc1OP(=O)(NC(C)(C)C(=O)OC(C)C)C(=O)OC(C)C. The maximum absolute atomic E-state index is 14.5. The molecule has 0 fully saturated rings. The molecular formula is C32H50NO7P. The van der Waals surface area contributed by atoms with E-state index in [1.165, 1.54) is 13.8 Å². The smallest absolute Gasteiger partial charge is 0.424 e. The third-order valence-electron chi connectivity index (χ3n) is 7.05. The number of allylic oxidation sites excluding steroid dienone is 3. The van der Waals surface area contributed by atoms with Gasteiger partial charge in [-0.05, 0) is 105 Å². The Morgan fingerprint density at radius 1 is 1.15 bits per heavy atom. The minimum atomic E-state index is -4.58. The van der Waals surface area contributed by atoms with Crippen molar-refractivity contribution in [3.8, 4) is 11.5 Å². The Hall–Kier alpha value is -2.57. The van der Waals surface area contributed by atoms with Crippen LogP contribution in [0, 0.1) is 5.92 Å². The molecule has 1 aromatic carbocycles. The second-order valence-corrected chi connectivity index (χ2v) is 14.2. The van der Waals surface area contributed by atoms with Gasteiger partial charge in [0.15, 0.2) is 0 Å². The third kappa shape index (κ3) is 9.47. The lowest BCUT2D eigenvalue weighted by molar-refractivity contribution is -0.153. The molecule has 1 aromatic rings. The molecule has 0 saturated carbocycles. The van der Waals surface area contributed by atoms with Gasteiger partial charge in [0.2, 0.25) is 0 Å². The van der Waals surface area contributed by atoms with E-state index >= 15 is 0 Å². The largest absolute Gasteiger partial charge is 0.507 e. The Labute approximate surface area is 246 Å². The summed E-state index contributed by atoms with van der Waals surface area (Å²) in [5, 5.41) is 14.1. The van der Waals surface area contributed by atoms with E-state index < -0.39 is 36.9 Å². The van der Waals surface area contributed by atoms with Gasteiger partial charge in [0.05, 0.1) is 12.2 Å². The van der Waals surface area contributed by atoms with Crippen LogP contribution in [-0.4, -0.2) is 34.5 Å². The molecule has 0 bridgehead atoms. The van der Waals surface area contributed by atoms with E-state index in [1.807, 2.05) is 13.8 Å². The van der Waals surface area contributed by atoms with E-state index in [1.54, 1.807) is 39.8 Å². The topological polar surface area (TPSA) is 111 Å². The fourth-order valence-corrected chi connectivity index (χ4v) is 6.81. The molecule has 41 heavy (non-hydrogen) atoms. The molecule has 0 amide bonds. The van der Waals surface area contributed by atoms with Crippen LogP contribution >= 0.6 is 7.52 Å². The lowest BCUT2D eigenvalue weighted by Crippen LogP contribution is -2.48. The van der Waals surface area contributed by atoms with Gasteiger partial charge in [0.1, 0.15) is 17.0 Å². The summed E-state index contributed by atoms with van der Waals surface area (Å²) in [6.45, 7) is 19.9. The molecule has 3 atom stereocenters. The number of nitrogens with one attached hydrogen (secondary N) is 1. The Balaban J connectivity index is 2.73. The fourth-order valence-electron chi connectivity index (χ4n) is 5.00. The quantitative estimate of drug-likeness (QED) is 0.0958. The molecule has 0 radical (unpaired) electrons. The number of benzene rings is 1. The highest BCUT2D eigenvalue weighted by molar-refractivity contribution is 7.74. The van der Waals surface area contributed by atoms with E-state index in [-0.39, 0.29) is 23.3 Å². The number of hydrogen-bond acceptors (Lipinski definition) is 7. The average molecular weight is 592 g/mol. The van der Waals surface area contributed by atoms with Crippen LogP contribution in [0.1, 0.15) is 111 Å². The zero-order chi connectivity index (χ0) is 31.1. The highest BCUT2D eigenvalue weighted by atomic mass is 31.2. The summed E-state index contributed by atoms with van der Waals surface area (Å²) < 4.78 is 31.4. The number of rotatable bonds is 14. The van der Waals surface area contributed by atoms with E-state index in [0.29, 0.717) is 12.0 Å². The first kappa shape index (κ1) is 34.6. The van der Waals surface area contributed by atoms with Crippen molar-refractivity contribution < 1.29 is 33.3 Å².